The van der Waals surface area contributed by atoms with Gasteiger partial charge in [0.1, 0.15) is 5.82 Å². The molecular weight excluding hydrogens is 247 g/mol. The molecule has 0 aliphatic carbocycles. The summed E-state index contributed by atoms with van der Waals surface area (Å²) in [4.78, 5) is 0. The molecule has 1 aromatic rings. The number of nitrogens with zero attached hydrogens (tertiary/aromatic N) is 1. The molecule has 0 amide bonds. The van der Waals surface area contributed by atoms with E-state index in [1.54, 1.807) is 6.07 Å². The summed E-state index contributed by atoms with van der Waals surface area (Å²) in [5.41, 5.74) is 0.878. The minimum absolute atomic E-state index is 0.260. The number of hydrogen-bond donors (Lipinski definition) is 1. The minimum Gasteiger partial charge on any atom is -0.312 e. The van der Waals surface area contributed by atoms with E-state index in [2.05, 4.69) is 21.2 Å². The number of benzene rings is 1. The van der Waals surface area contributed by atoms with E-state index in [0.717, 1.165) is 5.56 Å². The van der Waals surface area contributed by atoms with Gasteiger partial charge in [-0.15, -0.1) is 0 Å². The smallest absolute Gasteiger partial charge is 0.137 e. The van der Waals surface area contributed by atoms with Crippen LogP contribution in [0, 0.1) is 17.1 Å². The van der Waals surface area contributed by atoms with Gasteiger partial charge in [-0.1, -0.05) is 6.07 Å². The number of nitriles is 1. The summed E-state index contributed by atoms with van der Waals surface area (Å²) in [6.45, 7) is 1.22. The summed E-state index contributed by atoms with van der Waals surface area (Å²) in [5.74, 6) is -0.260. The fourth-order valence-corrected chi connectivity index (χ4v) is 1.27. The third kappa shape index (κ3) is 3.44. The maximum atomic E-state index is 13.0. The molecule has 0 unspecified atom stereocenters. The molecule has 0 heterocycles. The Labute approximate surface area is 90.9 Å². The highest BCUT2D eigenvalue weighted by atomic mass is 79.9. The van der Waals surface area contributed by atoms with Gasteiger partial charge in [-0.2, -0.15) is 5.26 Å². The Balaban J connectivity index is 2.44. The second-order valence-corrected chi connectivity index (χ2v) is 3.69. The molecule has 0 spiro atoms. The van der Waals surface area contributed by atoms with Gasteiger partial charge in [0.15, 0.2) is 0 Å². The summed E-state index contributed by atoms with van der Waals surface area (Å²) < 4.78 is 13.5. The normalized spacial score (nSPS) is 9.79. The maximum absolute atomic E-state index is 13.0. The Morgan fingerprint density at radius 1 is 1.50 bits per heavy atom. The van der Waals surface area contributed by atoms with Crippen molar-refractivity contribution in [1.82, 2.24) is 5.32 Å². The lowest BCUT2D eigenvalue weighted by Gasteiger charge is -2.03. The Morgan fingerprint density at radius 3 is 2.93 bits per heavy atom. The molecule has 74 valence electrons. The van der Waals surface area contributed by atoms with E-state index in [-0.39, 0.29) is 5.82 Å². The van der Waals surface area contributed by atoms with Crippen molar-refractivity contribution in [3.8, 4) is 6.07 Å². The first-order valence-corrected chi connectivity index (χ1v) is 5.05. The molecule has 4 heteroatoms. The van der Waals surface area contributed by atoms with Gasteiger partial charge in [0.2, 0.25) is 0 Å². The Morgan fingerprint density at radius 2 is 2.29 bits per heavy atom. The molecule has 1 N–H and O–H groups in total. The fraction of sp³-hybridized carbons (Fsp3) is 0.300. The summed E-state index contributed by atoms with van der Waals surface area (Å²) in [7, 11) is 0. The van der Waals surface area contributed by atoms with Crippen LogP contribution in [-0.4, -0.2) is 6.54 Å². The van der Waals surface area contributed by atoms with Crippen LogP contribution in [0.2, 0.25) is 0 Å². The first kappa shape index (κ1) is 11.2. The zero-order valence-corrected chi connectivity index (χ0v) is 9.14. The predicted molar refractivity (Wildman–Crippen MR) is 56.0 cm³/mol. The van der Waals surface area contributed by atoms with Crippen LogP contribution in [0.4, 0.5) is 4.39 Å². The average Bonchev–Trinajstić information content (AvgIpc) is 2.18. The minimum atomic E-state index is -0.260. The van der Waals surface area contributed by atoms with E-state index >= 15 is 0 Å². The SMILES string of the molecule is N#CCCNCc1ccc(Br)c(F)c1. The van der Waals surface area contributed by atoms with E-state index in [1.165, 1.54) is 6.07 Å². The molecule has 2 nitrogen and oxygen atoms in total. The molecule has 1 rings (SSSR count). The van der Waals surface area contributed by atoms with Crippen molar-refractivity contribution in [3.05, 3.63) is 34.1 Å². The lowest BCUT2D eigenvalue weighted by atomic mass is 10.2. The van der Waals surface area contributed by atoms with Crippen molar-refractivity contribution < 1.29 is 4.39 Å². The fourth-order valence-electron chi connectivity index (χ4n) is 1.03. The standard InChI is InChI=1S/C10H10BrFN2/c11-9-3-2-8(6-10(9)12)7-14-5-1-4-13/h2-3,6,14H,1,5,7H2. The number of rotatable bonds is 4. The zero-order valence-electron chi connectivity index (χ0n) is 7.56. The Kier molecular flexibility index (Phi) is 4.57. The van der Waals surface area contributed by atoms with Crippen LogP contribution in [0.1, 0.15) is 12.0 Å². The van der Waals surface area contributed by atoms with Gasteiger partial charge in [0, 0.05) is 19.5 Å². The van der Waals surface area contributed by atoms with E-state index in [0.29, 0.717) is 24.0 Å². The maximum Gasteiger partial charge on any atom is 0.137 e. The van der Waals surface area contributed by atoms with Crippen LogP contribution >= 0.6 is 15.9 Å². The number of hydrogen-bond acceptors (Lipinski definition) is 2. The van der Waals surface area contributed by atoms with Gasteiger partial charge < -0.3 is 5.32 Å². The van der Waals surface area contributed by atoms with Crippen molar-refractivity contribution in [1.29, 1.82) is 5.26 Å². The number of nitrogens with one attached hydrogen (secondary N) is 1. The van der Waals surface area contributed by atoms with Crippen molar-refractivity contribution in [2.45, 2.75) is 13.0 Å². The molecular formula is C10H10BrFN2. The first-order chi connectivity index (χ1) is 6.74. The molecule has 0 atom stereocenters. The summed E-state index contributed by atoms with van der Waals surface area (Å²) >= 11 is 3.08. The third-order valence-electron chi connectivity index (χ3n) is 1.73. The summed E-state index contributed by atoms with van der Waals surface area (Å²) in [6, 6.07) is 7.02. The van der Waals surface area contributed by atoms with Gasteiger partial charge in [-0.25, -0.2) is 4.39 Å². The highest BCUT2D eigenvalue weighted by molar-refractivity contribution is 9.10. The number of halogens is 2. The second-order valence-electron chi connectivity index (χ2n) is 2.83. The van der Waals surface area contributed by atoms with Gasteiger partial charge in [-0.3, -0.25) is 0 Å². The molecule has 0 aromatic heterocycles. The van der Waals surface area contributed by atoms with E-state index < -0.39 is 0 Å². The van der Waals surface area contributed by atoms with Crippen LogP contribution in [0.25, 0.3) is 0 Å². The van der Waals surface area contributed by atoms with Crippen LogP contribution in [0.5, 0.6) is 0 Å². The zero-order chi connectivity index (χ0) is 10.4. The Bertz CT molecular complexity index is 346. The largest absolute Gasteiger partial charge is 0.312 e. The van der Waals surface area contributed by atoms with Crippen molar-refractivity contribution in [2.24, 2.45) is 0 Å². The summed E-state index contributed by atoms with van der Waals surface area (Å²) in [5, 5.41) is 11.3. The lowest BCUT2D eigenvalue weighted by molar-refractivity contribution is 0.614. The monoisotopic (exact) mass is 256 g/mol. The molecule has 0 saturated carbocycles. The first-order valence-electron chi connectivity index (χ1n) is 4.25. The van der Waals surface area contributed by atoms with Gasteiger partial charge in [-0.05, 0) is 33.6 Å². The highest BCUT2D eigenvalue weighted by Gasteiger charge is 1.99. The average molecular weight is 257 g/mol. The molecule has 14 heavy (non-hydrogen) atoms. The van der Waals surface area contributed by atoms with Crippen molar-refractivity contribution in [3.63, 3.8) is 0 Å². The highest BCUT2D eigenvalue weighted by Crippen LogP contribution is 2.16. The predicted octanol–water partition coefficient (Wildman–Crippen LogP) is 2.59. The molecule has 0 aliphatic heterocycles. The van der Waals surface area contributed by atoms with Gasteiger partial charge in [0.05, 0.1) is 10.5 Å². The topological polar surface area (TPSA) is 35.8 Å². The van der Waals surface area contributed by atoms with Crippen molar-refractivity contribution in [2.75, 3.05) is 6.54 Å². The molecule has 0 fully saturated rings. The summed E-state index contributed by atoms with van der Waals surface area (Å²) in [6.07, 6.45) is 0.471. The lowest BCUT2D eigenvalue weighted by Crippen LogP contribution is -2.14. The van der Waals surface area contributed by atoms with Crippen LogP contribution in [0.15, 0.2) is 22.7 Å². The van der Waals surface area contributed by atoms with E-state index in [4.69, 9.17) is 5.26 Å². The molecule has 0 aliphatic rings. The Hall–Kier alpha value is -0.920. The van der Waals surface area contributed by atoms with E-state index in [1.807, 2.05) is 12.1 Å². The quantitative estimate of drug-likeness (QED) is 0.841. The van der Waals surface area contributed by atoms with Crippen LogP contribution in [0.3, 0.4) is 0 Å². The van der Waals surface area contributed by atoms with Gasteiger partial charge in [0.25, 0.3) is 0 Å². The van der Waals surface area contributed by atoms with Gasteiger partial charge >= 0.3 is 0 Å². The second kappa shape index (κ2) is 5.74. The molecule has 0 bridgehead atoms. The van der Waals surface area contributed by atoms with Crippen LogP contribution < -0.4 is 5.32 Å². The van der Waals surface area contributed by atoms with Crippen LogP contribution in [-0.2, 0) is 6.54 Å². The van der Waals surface area contributed by atoms with E-state index in [9.17, 15) is 4.39 Å². The molecule has 1 aromatic carbocycles. The molecule has 0 saturated heterocycles. The third-order valence-corrected chi connectivity index (χ3v) is 2.37. The van der Waals surface area contributed by atoms with Crippen molar-refractivity contribution >= 4 is 15.9 Å². The molecule has 0 radical (unpaired) electrons.